The van der Waals surface area contributed by atoms with E-state index in [0.29, 0.717) is 45.1 Å². The summed E-state index contributed by atoms with van der Waals surface area (Å²) in [5.74, 6) is 0.191. The highest BCUT2D eigenvalue weighted by molar-refractivity contribution is 7.21. The number of thiophene rings is 1. The monoisotopic (exact) mass is 421 g/mol. The Bertz CT molecular complexity index is 1080. The first kappa shape index (κ1) is 19.2. The van der Waals surface area contributed by atoms with Gasteiger partial charge >= 0.3 is 0 Å². The van der Waals surface area contributed by atoms with Gasteiger partial charge in [0.05, 0.1) is 18.1 Å². The third-order valence-corrected chi connectivity index (χ3v) is 7.07. The van der Waals surface area contributed by atoms with E-state index in [-0.39, 0.29) is 17.7 Å². The van der Waals surface area contributed by atoms with Crippen LogP contribution in [0.25, 0.3) is 10.1 Å². The molecule has 5 rings (SSSR count). The number of carbonyl (C=O) groups is 2. The molecule has 7 heteroatoms. The van der Waals surface area contributed by atoms with Crippen molar-refractivity contribution in [3.8, 4) is 0 Å². The Balaban J connectivity index is 1.46. The number of aromatic nitrogens is 1. The van der Waals surface area contributed by atoms with E-state index in [4.69, 9.17) is 4.74 Å². The van der Waals surface area contributed by atoms with Gasteiger partial charge in [-0.3, -0.25) is 14.6 Å². The summed E-state index contributed by atoms with van der Waals surface area (Å²) >= 11 is 1.57. The number of amides is 2. The van der Waals surface area contributed by atoms with Gasteiger partial charge in [0.25, 0.3) is 11.8 Å². The number of hydrogen-bond acceptors (Lipinski definition) is 5. The predicted octanol–water partition coefficient (Wildman–Crippen LogP) is 3.40. The maximum absolute atomic E-state index is 13.4. The summed E-state index contributed by atoms with van der Waals surface area (Å²) in [6.45, 7) is 3.71. The number of pyridine rings is 1. The van der Waals surface area contributed by atoms with Gasteiger partial charge in [-0.15, -0.1) is 11.3 Å². The molecule has 2 amide bonds. The average Bonchev–Trinajstić information content (AvgIpc) is 3.44. The number of fused-ring (bicyclic) bond motifs is 1. The first-order chi connectivity index (χ1) is 14.7. The second kappa shape index (κ2) is 8.16. The quantitative estimate of drug-likeness (QED) is 0.650. The summed E-state index contributed by atoms with van der Waals surface area (Å²) in [5, 5.41) is 1.14. The number of ether oxygens (including phenoxy) is 1. The molecular formula is C23H23N3O3S. The number of hydrogen-bond donors (Lipinski definition) is 0. The number of rotatable bonds is 3. The molecule has 2 saturated heterocycles. The van der Waals surface area contributed by atoms with Crippen LogP contribution in [0.4, 0.5) is 0 Å². The predicted molar refractivity (Wildman–Crippen MR) is 116 cm³/mol. The molecule has 3 aromatic rings. The molecule has 0 radical (unpaired) electrons. The van der Waals surface area contributed by atoms with Crippen molar-refractivity contribution in [1.82, 2.24) is 14.8 Å². The van der Waals surface area contributed by atoms with Crippen molar-refractivity contribution in [2.24, 2.45) is 0 Å². The highest BCUT2D eigenvalue weighted by Crippen LogP contribution is 2.41. The fourth-order valence-electron chi connectivity index (χ4n) is 4.37. The molecule has 0 N–H and O–H groups in total. The summed E-state index contributed by atoms with van der Waals surface area (Å²) in [7, 11) is 0. The van der Waals surface area contributed by atoms with Gasteiger partial charge in [-0.1, -0.05) is 24.3 Å². The SMILES string of the molecule is O=C(c1ccccn1)N1CC[C@H](c2c(C(=O)N3CCOCC3)sc3ccccc23)C1. The van der Waals surface area contributed by atoms with Gasteiger partial charge < -0.3 is 14.5 Å². The van der Waals surface area contributed by atoms with E-state index in [1.54, 1.807) is 23.6 Å². The van der Waals surface area contributed by atoms with Crippen LogP contribution in [-0.4, -0.2) is 66.0 Å². The van der Waals surface area contributed by atoms with E-state index in [9.17, 15) is 9.59 Å². The largest absolute Gasteiger partial charge is 0.378 e. The lowest BCUT2D eigenvalue weighted by Crippen LogP contribution is -2.40. The molecule has 1 atom stereocenters. The fraction of sp³-hybridized carbons (Fsp3) is 0.348. The molecule has 154 valence electrons. The zero-order chi connectivity index (χ0) is 20.5. The van der Waals surface area contributed by atoms with Crippen molar-refractivity contribution in [2.45, 2.75) is 12.3 Å². The molecule has 2 aromatic heterocycles. The molecular weight excluding hydrogens is 398 g/mol. The second-order valence-electron chi connectivity index (χ2n) is 7.70. The number of benzene rings is 1. The van der Waals surface area contributed by atoms with Crippen LogP contribution in [0.3, 0.4) is 0 Å². The van der Waals surface area contributed by atoms with Gasteiger partial charge in [0.2, 0.25) is 0 Å². The first-order valence-electron chi connectivity index (χ1n) is 10.3. The first-order valence-corrected chi connectivity index (χ1v) is 11.1. The van der Waals surface area contributed by atoms with Crippen LogP contribution in [0.5, 0.6) is 0 Å². The van der Waals surface area contributed by atoms with Crippen LogP contribution in [0.15, 0.2) is 48.7 Å². The summed E-state index contributed by atoms with van der Waals surface area (Å²) in [5.41, 5.74) is 1.57. The van der Waals surface area contributed by atoms with Crippen LogP contribution in [0.1, 0.15) is 38.1 Å². The van der Waals surface area contributed by atoms with Gasteiger partial charge in [0.15, 0.2) is 0 Å². The molecule has 2 aliphatic heterocycles. The summed E-state index contributed by atoms with van der Waals surface area (Å²) < 4.78 is 6.54. The Kier molecular flexibility index (Phi) is 5.23. The Morgan fingerprint density at radius 1 is 0.967 bits per heavy atom. The molecule has 0 saturated carbocycles. The number of nitrogens with zero attached hydrogens (tertiary/aromatic N) is 3. The van der Waals surface area contributed by atoms with Crippen molar-refractivity contribution in [3.63, 3.8) is 0 Å². The molecule has 6 nitrogen and oxygen atoms in total. The van der Waals surface area contributed by atoms with Gasteiger partial charge in [-0.05, 0) is 35.6 Å². The zero-order valence-electron chi connectivity index (χ0n) is 16.6. The normalized spacial score (nSPS) is 19.4. The van der Waals surface area contributed by atoms with Crippen LogP contribution in [0, 0.1) is 0 Å². The molecule has 0 aliphatic carbocycles. The van der Waals surface area contributed by atoms with Gasteiger partial charge in [0, 0.05) is 43.0 Å². The van der Waals surface area contributed by atoms with Crippen molar-refractivity contribution >= 4 is 33.2 Å². The van der Waals surface area contributed by atoms with Crippen molar-refractivity contribution in [1.29, 1.82) is 0 Å². The van der Waals surface area contributed by atoms with Crippen LogP contribution in [-0.2, 0) is 4.74 Å². The molecule has 4 heterocycles. The maximum atomic E-state index is 13.4. The lowest BCUT2D eigenvalue weighted by molar-refractivity contribution is 0.0305. The molecule has 1 aromatic carbocycles. The van der Waals surface area contributed by atoms with Crippen LogP contribution in [0.2, 0.25) is 0 Å². The lowest BCUT2D eigenvalue weighted by atomic mass is 9.94. The molecule has 0 unspecified atom stereocenters. The van der Waals surface area contributed by atoms with Crippen molar-refractivity contribution in [2.75, 3.05) is 39.4 Å². The minimum absolute atomic E-state index is 0.0429. The van der Waals surface area contributed by atoms with E-state index in [1.807, 2.05) is 34.1 Å². The maximum Gasteiger partial charge on any atom is 0.272 e. The van der Waals surface area contributed by atoms with Gasteiger partial charge in [-0.2, -0.15) is 0 Å². The molecule has 30 heavy (non-hydrogen) atoms. The van der Waals surface area contributed by atoms with E-state index in [0.717, 1.165) is 26.9 Å². The number of likely N-dealkylation sites (tertiary alicyclic amines) is 1. The Hall–Kier alpha value is -2.77. The number of morpholine rings is 1. The second-order valence-corrected chi connectivity index (χ2v) is 8.75. The highest BCUT2D eigenvalue weighted by atomic mass is 32.1. The van der Waals surface area contributed by atoms with Crippen LogP contribution >= 0.6 is 11.3 Å². The Morgan fingerprint density at radius 3 is 2.57 bits per heavy atom. The summed E-state index contributed by atoms with van der Waals surface area (Å²) in [6.07, 6.45) is 2.50. The Morgan fingerprint density at radius 2 is 1.77 bits per heavy atom. The zero-order valence-corrected chi connectivity index (χ0v) is 17.4. The van der Waals surface area contributed by atoms with E-state index in [1.165, 1.54) is 0 Å². The molecule has 2 fully saturated rings. The van der Waals surface area contributed by atoms with Gasteiger partial charge in [-0.25, -0.2) is 0 Å². The Labute approximate surface area is 179 Å². The summed E-state index contributed by atoms with van der Waals surface area (Å²) in [4.78, 5) is 35.0. The topological polar surface area (TPSA) is 62.7 Å². The fourth-order valence-corrected chi connectivity index (χ4v) is 5.63. The van der Waals surface area contributed by atoms with E-state index in [2.05, 4.69) is 17.1 Å². The molecule has 2 aliphatic rings. The lowest BCUT2D eigenvalue weighted by Gasteiger charge is -2.27. The van der Waals surface area contributed by atoms with Gasteiger partial charge in [0.1, 0.15) is 5.69 Å². The van der Waals surface area contributed by atoms with Crippen molar-refractivity contribution < 1.29 is 14.3 Å². The average molecular weight is 422 g/mol. The minimum atomic E-state index is -0.0429. The molecule has 0 spiro atoms. The van der Waals surface area contributed by atoms with E-state index >= 15 is 0 Å². The third-order valence-electron chi connectivity index (χ3n) is 5.89. The van der Waals surface area contributed by atoms with Crippen molar-refractivity contribution in [3.05, 3.63) is 64.8 Å². The van der Waals surface area contributed by atoms with E-state index < -0.39 is 0 Å². The number of carbonyl (C=O) groups excluding carboxylic acids is 2. The smallest absolute Gasteiger partial charge is 0.272 e. The third kappa shape index (κ3) is 3.48. The van der Waals surface area contributed by atoms with Crippen LogP contribution < -0.4 is 0 Å². The highest BCUT2D eigenvalue weighted by Gasteiger charge is 2.34. The summed E-state index contributed by atoms with van der Waals surface area (Å²) in [6, 6.07) is 13.6. The standard InChI is InChI=1S/C23H23N3O3S/c27-22(18-6-3-4-9-24-18)26-10-8-16(15-26)20-17-5-1-2-7-19(17)30-21(20)23(28)25-11-13-29-14-12-25/h1-7,9,16H,8,10-15H2/t16-/m0/s1. The molecule has 0 bridgehead atoms. The minimum Gasteiger partial charge on any atom is -0.378 e.